The highest BCUT2D eigenvalue weighted by Gasteiger charge is 2.35. The number of H-pyrrole nitrogens is 1. The molecule has 1 fully saturated rings. The fraction of sp³-hybridized carbons (Fsp3) is 0.385. The van der Waals surface area contributed by atoms with Crippen molar-refractivity contribution >= 4 is 16.6 Å². The van der Waals surface area contributed by atoms with Gasteiger partial charge in [0.1, 0.15) is 6.04 Å². The molecule has 7 heteroatoms. The molecule has 7 nitrogen and oxygen atoms in total. The molecule has 0 saturated heterocycles. The molecule has 1 saturated carbocycles. The summed E-state index contributed by atoms with van der Waals surface area (Å²) in [6, 6.07) is 16.7. The number of para-hydroxylation sites is 1. The van der Waals surface area contributed by atoms with E-state index in [1.807, 2.05) is 23.7 Å². The van der Waals surface area contributed by atoms with Crippen LogP contribution in [0.1, 0.15) is 66.7 Å². The van der Waals surface area contributed by atoms with Gasteiger partial charge in [0.15, 0.2) is 5.82 Å². The molecule has 0 spiro atoms. The first-order valence-corrected chi connectivity index (χ1v) is 11.9. The molecule has 1 N–H and O–H groups in total. The van der Waals surface area contributed by atoms with E-state index in [-0.39, 0.29) is 11.6 Å². The monoisotopic (exact) mass is 440 g/mol. The molecule has 0 bridgehead atoms. The van der Waals surface area contributed by atoms with Gasteiger partial charge in [-0.3, -0.25) is 4.79 Å². The summed E-state index contributed by atoms with van der Waals surface area (Å²) in [7, 11) is 0. The zero-order valence-corrected chi connectivity index (χ0v) is 18.9. The third-order valence-corrected chi connectivity index (χ3v) is 7.22. The van der Waals surface area contributed by atoms with Crippen LogP contribution in [0, 0.1) is 6.92 Å². The summed E-state index contributed by atoms with van der Waals surface area (Å²) in [5.74, 6) is 0.760. The van der Waals surface area contributed by atoms with E-state index in [9.17, 15) is 4.79 Å². The molecule has 2 aromatic carbocycles. The lowest BCUT2D eigenvalue weighted by atomic mass is 9.96. The molecule has 2 aromatic heterocycles. The molecule has 168 valence electrons. The Morgan fingerprint density at radius 1 is 1.06 bits per heavy atom. The van der Waals surface area contributed by atoms with E-state index in [4.69, 9.17) is 0 Å². The predicted octanol–water partition coefficient (Wildman–Crippen LogP) is 4.48. The molecule has 4 aromatic rings. The van der Waals surface area contributed by atoms with Gasteiger partial charge in [-0.05, 0) is 77.7 Å². The smallest absolute Gasteiger partial charge is 0.254 e. The van der Waals surface area contributed by atoms with Gasteiger partial charge in [-0.2, -0.15) is 0 Å². The van der Waals surface area contributed by atoms with Crippen molar-refractivity contribution in [2.24, 2.45) is 0 Å². The first-order valence-electron chi connectivity index (χ1n) is 11.9. The number of tetrazole rings is 1. The fourth-order valence-corrected chi connectivity index (χ4v) is 5.60. The Hall–Kier alpha value is -3.48. The standard InChI is InChI=1S/C26H28N6O/c1-17-12-13-19-16-21(26(33)27-22(19)15-17)24(25-28-29-30-32(25)20-9-3-4-10-20)31-14-6-8-18-7-2-5-11-23(18)31/h2,5,7,11-13,15-16,20,24H,3-4,6,8-10,14H2,1H3,(H,27,33)/t24-/m0/s1. The maximum Gasteiger partial charge on any atom is 0.254 e. The number of aromatic nitrogens is 5. The van der Waals surface area contributed by atoms with E-state index in [1.165, 1.54) is 18.4 Å². The van der Waals surface area contributed by atoms with Gasteiger partial charge in [0.25, 0.3) is 5.56 Å². The second kappa shape index (κ2) is 8.14. The second-order valence-electron chi connectivity index (χ2n) is 9.39. The van der Waals surface area contributed by atoms with Crippen LogP contribution in [-0.2, 0) is 6.42 Å². The predicted molar refractivity (Wildman–Crippen MR) is 129 cm³/mol. The van der Waals surface area contributed by atoms with Gasteiger partial charge in [-0.25, -0.2) is 4.68 Å². The average molecular weight is 441 g/mol. The maximum atomic E-state index is 13.5. The fourth-order valence-electron chi connectivity index (χ4n) is 5.60. The normalized spacial score (nSPS) is 17.4. The van der Waals surface area contributed by atoms with Crippen LogP contribution in [0.25, 0.3) is 10.9 Å². The average Bonchev–Trinajstić information content (AvgIpc) is 3.52. The third-order valence-electron chi connectivity index (χ3n) is 7.22. The first-order chi connectivity index (χ1) is 16.2. The third kappa shape index (κ3) is 3.52. The number of nitrogens with zero attached hydrogens (tertiary/aromatic N) is 5. The van der Waals surface area contributed by atoms with Gasteiger partial charge in [-0.15, -0.1) is 5.10 Å². The number of rotatable bonds is 4. The van der Waals surface area contributed by atoms with Gasteiger partial charge in [0.2, 0.25) is 0 Å². The number of aryl methyl sites for hydroxylation is 2. The number of benzene rings is 2. The van der Waals surface area contributed by atoms with Crippen LogP contribution in [0.4, 0.5) is 5.69 Å². The quantitative estimate of drug-likeness (QED) is 0.506. The lowest BCUT2D eigenvalue weighted by molar-refractivity contribution is 0.425. The van der Waals surface area contributed by atoms with Crippen LogP contribution >= 0.6 is 0 Å². The summed E-state index contributed by atoms with van der Waals surface area (Å²) in [5.41, 5.74) is 5.06. The number of fused-ring (bicyclic) bond motifs is 2. The van der Waals surface area contributed by atoms with Crippen molar-refractivity contribution in [3.05, 3.63) is 81.4 Å². The molecule has 3 heterocycles. The van der Waals surface area contributed by atoms with Crippen molar-refractivity contribution in [1.29, 1.82) is 0 Å². The van der Waals surface area contributed by atoms with Gasteiger partial charge < -0.3 is 9.88 Å². The molecule has 33 heavy (non-hydrogen) atoms. The molecule has 0 amide bonds. The summed E-state index contributed by atoms with van der Waals surface area (Å²) < 4.78 is 1.99. The SMILES string of the molecule is Cc1ccc2cc([C@@H](c3nnnn3C3CCCC3)N3CCCc4ccccc43)c(=O)[nH]c2c1. The zero-order valence-electron chi connectivity index (χ0n) is 18.9. The van der Waals surface area contributed by atoms with E-state index in [1.54, 1.807) is 0 Å². The van der Waals surface area contributed by atoms with Crippen molar-refractivity contribution in [3.8, 4) is 0 Å². The van der Waals surface area contributed by atoms with Gasteiger partial charge >= 0.3 is 0 Å². The van der Waals surface area contributed by atoms with Crippen LogP contribution < -0.4 is 10.5 Å². The van der Waals surface area contributed by atoms with Crippen molar-refractivity contribution < 1.29 is 0 Å². The van der Waals surface area contributed by atoms with Crippen molar-refractivity contribution in [2.75, 3.05) is 11.4 Å². The minimum Gasteiger partial charge on any atom is -0.357 e. The summed E-state index contributed by atoms with van der Waals surface area (Å²) in [6.45, 7) is 2.89. The summed E-state index contributed by atoms with van der Waals surface area (Å²) in [5, 5.41) is 14.1. The number of anilines is 1. The molecule has 1 aliphatic heterocycles. The van der Waals surface area contributed by atoms with Crippen molar-refractivity contribution in [1.82, 2.24) is 25.2 Å². The maximum absolute atomic E-state index is 13.5. The number of aromatic amines is 1. The molecule has 6 rings (SSSR count). The van der Waals surface area contributed by atoms with Crippen LogP contribution in [0.15, 0.2) is 53.3 Å². The first kappa shape index (κ1) is 20.1. The molecule has 0 unspecified atom stereocenters. The van der Waals surface area contributed by atoms with E-state index in [0.29, 0.717) is 11.6 Å². The van der Waals surface area contributed by atoms with E-state index in [2.05, 4.69) is 61.8 Å². The van der Waals surface area contributed by atoms with E-state index in [0.717, 1.165) is 60.2 Å². The molecule has 0 radical (unpaired) electrons. The van der Waals surface area contributed by atoms with E-state index >= 15 is 0 Å². The number of pyridine rings is 1. The largest absolute Gasteiger partial charge is 0.357 e. The minimum absolute atomic E-state index is 0.0814. The highest BCUT2D eigenvalue weighted by Crippen LogP contribution is 2.38. The van der Waals surface area contributed by atoms with Crippen LogP contribution in [0.5, 0.6) is 0 Å². The molecule has 1 atom stereocenters. The van der Waals surface area contributed by atoms with E-state index < -0.39 is 0 Å². The summed E-state index contributed by atoms with van der Waals surface area (Å²) >= 11 is 0. The Morgan fingerprint density at radius 3 is 2.79 bits per heavy atom. The minimum atomic E-state index is -0.350. The summed E-state index contributed by atoms with van der Waals surface area (Å²) in [6.07, 6.45) is 6.61. The molecular formula is C26H28N6O. The lowest BCUT2D eigenvalue weighted by Gasteiger charge is -2.37. The van der Waals surface area contributed by atoms with Crippen molar-refractivity contribution in [3.63, 3.8) is 0 Å². The van der Waals surface area contributed by atoms with Crippen LogP contribution in [0.3, 0.4) is 0 Å². The Morgan fingerprint density at radius 2 is 1.91 bits per heavy atom. The van der Waals surface area contributed by atoms with Crippen molar-refractivity contribution in [2.45, 2.75) is 57.5 Å². The Kier molecular flexibility index (Phi) is 4.97. The zero-order chi connectivity index (χ0) is 22.4. The Bertz CT molecular complexity index is 1370. The number of hydrogen-bond donors (Lipinski definition) is 1. The summed E-state index contributed by atoms with van der Waals surface area (Å²) in [4.78, 5) is 19.0. The molecule has 1 aliphatic carbocycles. The molecule has 2 aliphatic rings. The molecular weight excluding hydrogens is 412 g/mol. The van der Waals surface area contributed by atoms with Crippen LogP contribution in [-0.4, -0.2) is 31.7 Å². The van der Waals surface area contributed by atoms with Gasteiger partial charge in [0.05, 0.1) is 6.04 Å². The number of hydrogen-bond acceptors (Lipinski definition) is 5. The number of nitrogens with one attached hydrogen (secondary N) is 1. The topological polar surface area (TPSA) is 79.7 Å². The lowest BCUT2D eigenvalue weighted by Crippen LogP contribution is -2.38. The second-order valence-corrected chi connectivity index (χ2v) is 9.39. The van der Waals surface area contributed by atoms with Crippen LogP contribution in [0.2, 0.25) is 0 Å². The highest BCUT2D eigenvalue weighted by molar-refractivity contribution is 5.80. The Labute approximate surface area is 192 Å². The highest BCUT2D eigenvalue weighted by atomic mass is 16.1. The van der Waals surface area contributed by atoms with Gasteiger partial charge in [0, 0.05) is 23.3 Å². The Balaban J connectivity index is 1.57. The van der Waals surface area contributed by atoms with Gasteiger partial charge in [-0.1, -0.05) is 43.2 Å².